The smallest absolute Gasteiger partial charge is 0.357 e. The standard InChI is InChI=1S/2C12H16BN3O2/c2*1-7-5-8(2)10(9(3)6-7)13-15-11(17)14-12(18)16(13)4/h2*5-6H,1-4H3,(H2,14,15,17,18). The minimum Gasteiger partial charge on any atom is -0.357 e. The molecule has 0 saturated carbocycles. The molecule has 0 bridgehead atoms. The molecule has 0 radical (unpaired) electrons. The molecule has 12 heteroatoms. The first-order valence-corrected chi connectivity index (χ1v) is 11.6. The van der Waals surface area contributed by atoms with E-state index < -0.39 is 26.0 Å². The molecule has 36 heavy (non-hydrogen) atoms. The van der Waals surface area contributed by atoms with Crippen LogP contribution in [-0.2, 0) is 0 Å². The number of benzene rings is 2. The van der Waals surface area contributed by atoms with Gasteiger partial charge in [0, 0.05) is 14.1 Å². The van der Waals surface area contributed by atoms with Crippen LogP contribution in [0.4, 0.5) is 19.2 Å². The molecule has 2 aliphatic heterocycles. The second kappa shape index (κ2) is 10.3. The Hall–Kier alpha value is -3.95. The highest BCUT2D eigenvalue weighted by Gasteiger charge is 2.38. The molecule has 0 aromatic heterocycles. The fraction of sp³-hybridized carbons (Fsp3) is 0.333. The van der Waals surface area contributed by atoms with Crippen LogP contribution in [0.15, 0.2) is 24.3 Å². The first-order chi connectivity index (χ1) is 16.8. The molecule has 4 rings (SSSR count). The van der Waals surface area contributed by atoms with Crippen molar-refractivity contribution in [2.45, 2.75) is 41.5 Å². The maximum atomic E-state index is 11.6. The van der Waals surface area contributed by atoms with Gasteiger partial charge in [-0.2, -0.15) is 0 Å². The van der Waals surface area contributed by atoms with Crippen molar-refractivity contribution in [1.29, 1.82) is 0 Å². The average Bonchev–Trinajstić information content (AvgIpc) is 2.74. The van der Waals surface area contributed by atoms with Gasteiger partial charge in [-0.3, -0.25) is 10.6 Å². The van der Waals surface area contributed by atoms with Crippen LogP contribution in [0.2, 0.25) is 0 Å². The molecule has 2 aliphatic rings. The number of imide groups is 2. The third kappa shape index (κ3) is 5.48. The number of nitrogens with zero attached hydrogens (tertiary/aromatic N) is 2. The summed E-state index contributed by atoms with van der Waals surface area (Å²) >= 11 is 0. The molecule has 2 fully saturated rings. The van der Waals surface area contributed by atoms with Gasteiger partial charge in [0.25, 0.3) is 0 Å². The molecule has 0 spiro atoms. The van der Waals surface area contributed by atoms with E-state index in [1.807, 2.05) is 41.5 Å². The van der Waals surface area contributed by atoms with Crippen LogP contribution in [0, 0.1) is 41.5 Å². The highest BCUT2D eigenvalue weighted by Crippen LogP contribution is 2.10. The number of carbonyl (C=O) groups excluding carboxylic acids is 4. The van der Waals surface area contributed by atoms with E-state index in [1.165, 1.54) is 20.7 Å². The Morgan fingerprint density at radius 1 is 0.556 bits per heavy atom. The Labute approximate surface area is 212 Å². The first kappa shape index (κ1) is 26.7. The maximum Gasteiger partial charge on any atom is 0.416 e. The molecule has 10 nitrogen and oxygen atoms in total. The van der Waals surface area contributed by atoms with Crippen LogP contribution in [0.3, 0.4) is 0 Å². The van der Waals surface area contributed by atoms with E-state index in [0.29, 0.717) is 0 Å². The van der Waals surface area contributed by atoms with Gasteiger partial charge in [0.05, 0.1) is 0 Å². The van der Waals surface area contributed by atoms with E-state index in [2.05, 4.69) is 45.4 Å². The molecular formula is C24H32B2N6O4. The summed E-state index contributed by atoms with van der Waals surface area (Å²) in [7, 11) is 3.33. The van der Waals surface area contributed by atoms with Crippen molar-refractivity contribution in [3.63, 3.8) is 0 Å². The average molecular weight is 490 g/mol. The minimum atomic E-state index is -0.456. The fourth-order valence-corrected chi connectivity index (χ4v) is 4.90. The molecule has 2 aromatic rings. The molecule has 2 aromatic carbocycles. The van der Waals surface area contributed by atoms with Crippen LogP contribution >= 0.6 is 0 Å². The Kier molecular flexibility index (Phi) is 7.66. The largest absolute Gasteiger partial charge is 0.416 e. The minimum absolute atomic E-state index is 0.386. The van der Waals surface area contributed by atoms with Gasteiger partial charge >= 0.3 is 38.1 Å². The zero-order valence-electron chi connectivity index (χ0n) is 22.0. The molecule has 2 heterocycles. The molecule has 4 N–H and O–H groups in total. The second-order valence-corrected chi connectivity index (χ2v) is 9.46. The molecule has 0 atom stereocenters. The summed E-state index contributed by atoms with van der Waals surface area (Å²) in [5, 5.41) is 9.97. The van der Waals surface area contributed by atoms with Gasteiger partial charge in [-0.25, -0.2) is 19.2 Å². The fourth-order valence-electron chi connectivity index (χ4n) is 4.90. The number of urea groups is 4. The quantitative estimate of drug-likeness (QED) is 0.475. The van der Waals surface area contributed by atoms with Gasteiger partial charge in [0.1, 0.15) is 0 Å². The van der Waals surface area contributed by atoms with Crippen molar-refractivity contribution >= 4 is 49.0 Å². The van der Waals surface area contributed by atoms with E-state index in [0.717, 1.165) is 33.2 Å². The monoisotopic (exact) mass is 490 g/mol. The number of rotatable bonds is 2. The Morgan fingerprint density at radius 2 is 0.833 bits per heavy atom. The zero-order chi connectivity index (χ0) is 26.9. The molecule has 8 amide bonds. The SMILES string of the molecule is Cc1cc(C)c(B2NC(=O)NC(=O)N2C)c(C)c1.Cc1cc(C)c(B2NC(=O)NC(=O)N2C)c(C)c1. The van der Waals surface area contributed by atoms with E-state index in [4.69, 9.17) is 0 Å². The van der Waals surface area contributed by atoms with Crippen molar-refractivity contribution in [1.82, 2.24) is 30.7 Å². The Bertz CT molecular complexity index is 1110. The van der Waals surface area contributed by atoms with Gasteiger partial charge in [-0.05, 0) is 52.5 Å². The lowest BCUT2D eigenvalue weighted by atomic mass is 9.62. The number of nitrogens with one attached hydrogen (secondary N) is 4. The lowest BCUT2D eigenvalue weighted by Crippen LogP contribution is -2.70. The Morgan fingerprint density at radius 3 is 1.11 bits per heavy atom. The summed E-state index contributed by atoms with van der Waals surface area (Å²) < 4.78 is 0. The van der Waals surface area contributed by atoms with Crippen molar-refractivity contribution in [3.8, 4) is 0 Å². The van der Waals surface area contributed by atoms with Crippen molar-refractivity contribution in [3.05, 3.63) is 57.6 Å². The van der Waals surface area contributed by atoms with E-state index in [-0.39, 0.29) is 12.1 Å². The van der Waals surface area contributed by atoms with Gasteiger partial charge < -0.3 is 20.1 Å². The predicted molar refractivity (Wildman–Crippen MR) is 142 cm³/mol. The van der Waals surface area contributed by atoms with Gasteiger partial charge in [-0.15, -0.1) is 0 Å². The van der Waals surface area contributed by atoms with Crippen LogP contribution in [-0.4, -0.2) is 61.8 Å². The highest BCUT2D eigenvalue weighted by atomic mass is 16.2. The van der Waals surface area contributed by atoms with Crippen LogP contribution in [0.5, 0.6) is 0 Å². The normalized spacial score (nSPS) is 15.6. The summed E-state index contributed by atoms with van der Waals surface area (Å²) in [6.07, 6.45) is 0. The predicted octanol–water partition coefficient (Wildman–Crippen LogP) is 1.34. The number of aryl methyl sites for hydroxylation is 6. The van der Waals surface area contributed by atoms with Crippen molar-refractivity contribution < 1.29 is 19.2 Å². The van der Waals surface area contributed by atoms with Crippen molar-refractivity contribution in [2.24, 2.45) is 0 Å². The summed E-state index contributed by atoms with van der Waals surface area (Å²) in [4.78, 5) is 49.1. The molecular weight excluding hydrogens is 458 g/mol. The highest BCUT2D eigenvalue weighted by molar-refractivity contribution is 6.75. The zero-order valence-corrected chi connectivity index (χ0v) is 22.0. The van der Waals surface area contributed by atoms with Crippen LogP contribution in [0.25, 0.3) is 0 Å². The lowest BCUT2D eigenvalue weighted by molar-refractivity contribution is 0.214. The van der Waals surface area contributed by atoms with E-state index >= 15 is 0 Å². The topological polar surface area (TPSA) is 123 Å². The van der Waals surface area contributed by atoms with E-state index in [9.17, 15) is 19.2 Å². The summed E-state index contributed by atoms with van der Waals surface area (Å²) in [5.41, 5.74) is 8.57. The van der Waals surface area contributed by atoms with Crippen LogP contribution < -0.4 is 32.0 Å². The molecule has 0 unspecified atom stereocenters. The maximum absolute atomic E-state index is 11.6. The van der Waals surface area contributed by atoms with Crippen LogP contribution in [0.1, 0.15) is 33.4 Å². The number of hydrogen-bond acceptors (Lipinski definition) is 4. The third-order valence-electron chi connectivity index (χ3n) is 6.41. The molecule has 2 saturated heterocycles. The number of amides is 8. The summed E-state index contributed by atoms with van der Waals surface area (Å²) in [5.74, 6) is 0. The lowest BCUT2D eigenvalue weighted by Gasteiger charge is -2.32. The van der Waals surface area contributed by atoms with Gasteiger partial charge in [-0.1, -0.05) is 57.6 Å². The van der Waals surface area contributed by atoms with E-state index in [1.54, 1.807) is 14.1 Å². The summed E-state index contributed by atoms with van der Waals surface area (Å²) in [6.45, 7) is 11.2. The van der Waals surface area contributed by atoms with Gasteiger partial charge in [0.2, 0.25) is 0 Å². The second-order valence-electron chi connectivity index (χ2n) is 9.46. The summed E-state index contributed by atoms with van der Waals surface area (Å²) in [6, 6.07) is 6.52. The number of carbonyl (C=O) groups is 4. The third-order valence-corrected chi connectivity index (χ3v) is 6.41. The Balaban J connectivity index is 0.000000201. The molecule has 0 aliphatic carbocycles. The molecule has 188 valence electrons. The van der Waals surface area contributed by atoms with Crippen molar-refractivity contribution in [2.75, 3.05) is 14.1 Å². The first-order valence-electron chi connectivity index (χ1n) is 11.6. The number of hydrogen-bond donors (Lipinski definition) is 4. The van der Waals surface area contributed by atoms with Gasteiger partial charge in [0.15, 0.2) is 0 Å².